The number of hydrogen-bond donors (Lipinski definition) is 2. The molecule has 4 N–H and O–H groups in total. The van der Waals surface area contributed by atoms with E-state index >= 15 is 0 Å². The van der Waals surface area contributed by atoms with Crippen molar-refractivity contribution in [3.8, 4) is 0 Å². The number of nitrogens with two attached hydrogens (primary N) is 2. The monoisotopic (exact) mass is 156 g/mol. The van der Waals surface area contributed by atoms with Gasteiger partial charge in [-0.05, 0) is 30.2 Å². The summed E-state index contributed by atoms with van der Waals surface area (Å²) in [5.74, 6) is 1.15. The van der Waals surface area contributed by atoms with Gasteiger partial charge in [-0.3, -0.25) is 0 Å². The summed E-state index contributed by atoms with van der Waals surface area (Å²) < 4.78 is 0. The number of rotatable bonds is 1. The first-order valence-electron chi connectivity index (χ1n) is 4.44. The summed E-state index contributed by atoms with van der Waals surface area (Å²) in [6.07, 6.45) is 1.22. The molecule has 0 aromatic rings. The summed E-state index contributed by atoms with van der Waals surface area (Å²) in [4.78, 5) is 0. The molecule has 0 heterocycles. The standard InChI is InChI=1S/C9H20N2/c1-6-4-9(2,3)7(5-10)8(6)11/h6-8H,4-5,10-11H2,1-3H3/t6-,7+,8-/m0/s1. The van der Waals surface area contributed by atoms with Gasteiger partial charge in [0, 0.05) is 6.04 Å². The molecule has 0 saturated heterocycles. The molecule has 2 heteroatoms. The van der Waals surface area contributed by atoms with Crippen LogP contribution in [-0.2, 0) is 0 Å². The molecule has 0 spiro atoms. The highest BCUT2D eigenvalue weighted by Gasteiger charge is 2.43. The van der Waals surface area contributed by atoms with E-state index in [0.29, 0.717) is 23.3 Å². The molecule has 11 heavy (non-hydrogen) atoms. The Morgan fingerprint density at radius 1 is 1.45 bits per heavy atom. The van der Waals surface area contributed by atoms with Gasteiger partial charge >= 0.3 is 0 Å². The van der Waals surface area contributed by atoms with Crippen molar-refractivity contribution in [1.82, 2.24) is 0 Å². The van der Waals surface area contributed by atoms with E-state index in [1.54, 1.807) is 0 Å². The summed E-state index contributed by atoms with van der Waals surface area (Å²) in [5, 5.41) is 0. The first-order chi connectivity index (χ1) is 4.99. The van der Waals surface area contributed by atoms with Crippen LogP contribution in [0.25, 0.3) is 0 Å². The third kappa shape index (κ3) is 1.42. The Kier molecular flexibility index (Phi) is 2.26. The Morgan fingerprint density at radius 2 is 2.00 bits per heavy atom. The van der Waals surface area contributed by atoms with Crippen LogP contribution in [0.1, 0.15) is 27.2 Å². The SMILES string of the molecule is C[C@H]1CC(C)(C)[C@H](CN)[C@H]1N. The maximum Gasteiger partial charge on any atom is 0.0110 e. The molecule has 3 atom stereocenters. The molecule has 0 bridgehead atoms. The van der Waals surface area contributed by atoms with Gasteiger partial charge in [-0.1, -0.05) is 20.8 Å². The van der Waals surface area contributed by atoms with Gasteiger partial charge in [-0.15, -0.1) is 0 Å². The molecule has 0 amide bonds. The second-order valence-electron chi connectivity index (χ2n) is 4.59. The average molecular weight is 156 g/mol. The van der Waals surface area contributed by atoms with E-state index in [1.165, 1.54) is 6.42 Å². The van der Waals surface area contributed by atoms with Crippen LogP contribution < -0.4 is 11.5 Å². The van der Waals surface area contributed by atoms with Crippen LogP contribution in [-0.4, -0.2) is 12.6 Å². The lowest BCUT2D eigenvalue weighted by Gasteiger charge is -2.27. The maximum atomic E-state index is 6.03. The van der Waals surface area contributed by atoms with Gasteiger partial charge in [0.1, 0.15) is 0 Å². The molecule has 2 nitrogen and oxygen atoms in total. The highest BCUT2D eigenvalue weighted by Crippen LogP contribution is 2.44. The summed E-state index contributed by atoms with van der Waals surface area (Å²) in [5.41, 5.74) is 12.1. The van der Waals surface area contributed by atoms with Gasteiger partial charge in [-0.2, -0.15) is 0 Å². The summed E-state index contributed by atoms with van der Waals surface area (Å²) >= 11 is 0. The van der Waals surface area contributed by atoms with E-state index < -0.39 is 0 Å². The zero-order valence-corrected chi connectivity index (χ0v) is 7.80. The quantitative estimate of drug-likeness (QED) is 0.594. The van der Waals surface area contributed by atoms with Gasteiger partial charge in [0.25, 0.3) is 0 Å². The van der Waals surface area contributed by atoms with Crippen molar-refractivity contribution in [1.29, 1.82) is 0 Å². The molecule has 66 valence electrons. The smallest absolute Gasteiger partial charge is 0.0110 e. The molecular formula is C9H20N2. The Morgan fingerprint density at radius 3 is 2.18 bits per heavy atom. The fraction of sp³-hybridized carbons (Fsp3) is 1.00. The molecule has 1 saturated carbocycles. The predicted molar refractivity (Wildman–Crippen MR) is 48.1 cm³/mol. The van der Waals surface area contributed by atoms with Crippen LogP contribution in [0.2, 0.25) is 0 Å². The first-order valence-corrected chi connectivity index (χ1v) is 4.44. The van der Waals surface area contributed by atoms with Gasteiger partial charge < -0.3 is 11.5 Å². The van der Waals surface area contributed by atoms with Crippen LogP contribution >= 0.6 is 0 Å². The minimum absolute atomic E-state index is 0.315. The summed E-state index contributed by atoms with van der Waals surface area (Å²) in [7, 11) is 0. The van der Waals surface area contributed by atoms with Crippen molar-refractivity contribution < 1.29 is 0 Å². The van der Waals surface area contributed by atoms with E-state index in [2.05, 4.69) is 20.8 Å². The molecule has 0 aromatic heterocycles. The fourth-order valence-electron chi connectivity index (χ4n) is 2.51. The van der Waals surface area contributed by atoms with Crippen molar-refractivity contribution in [3.05, 3.63) is 0 Å². The zero-order chi connectivity index (χ0) is 8.65. The molecule has 0 unspecified atom stereocenters. The van der Waals surface area contributed by atoms with Gasteiger partial charge in [0.15, 0.2) is 0 Å². The average Bonchev–Trinajstić information content (AvgIpc) is 2.03. The largest absolute Gasteiger partial charge is 0.330 e. The lowest BCUT2D eigenvalue weighted by atomic mass is 9.81. The van der Waals surface area contributed by atoms with Crippen molar-refractivity contribution in [2.24, 2.45) is 28.7 Å². The molecule has 1 fully saturated rings. The Hall–Kier alpha value is -0.0800. The Balaban J connectivity index is 2.73. The third-order valence-electron chi connectivity index (χ3n) is 3.23. The third-order valence-corrected chi connectivity index (χ3v) is 3.23. The molecule has 1 aliphatic rings. The van der Waals surface area contributed by atoms with Crippen LogP contribution in [0, 0.1) is 17.3 Å². The van der Waals surface area contributed by atoms with Gasteiger partial charge in [0.2, 0.25) is 0 Å². The van der Waals surface area contributed by atoms with E-state index in [0.717, 1.165) is 6.54 Å². The number of hydrogen-bond acceptors (Lipinski definition) is 2. The molecule has 1 rings (SSSR count). The van der Waals surface area contributed by atoms with Crippen LogP contribution in [0.15, 0.2) is 0 Å². The van der Waals surface area contributed by atoms with Crippen molar-refractivity contribution in [2.75, 3.05) is 6.54 Å². The molecule has 0 radical (unpaired) electrons. The zero-order valence-electron chi connectivity index (χ0n) is 7.80. The van der Waals surface area contributed by atoms with E-state index in [4.69, 9.17) is 11.5 Å². The van der Waals surface area contributed by atoms with Crippen LogP contribution in [0.3, 0.4) is 0 Å². The molecule has 1 aliphatic carbocycles. The lowest BCUT2D eigenvalue weighted by Crippen LogP contribution is -2.38. The summed E-state index contributed by atoms with van der Waals surface area (Å²) in [6.45, 7) is 7.50. The minimum atomic E-state index is 0.315. The highest BCUT2D eigenvalue weighted by molar-refractivity contribution is 4.97. The molecular weight excluding hydrogens is 136 g/mol. The topological polar surface area (TPSA) is 52.0 Å². The van der Waals surface area contributed by atoms with Crippen LogP contribution in [0.4, 0.5) is 0 Å². The lowest BCUT2D eigenvalue weighted by molar-refractivity contribution is 0.253. The van der Waals surface area contributed by atoms with Crippen molar-refractivity contribution in [2.45, 2.75) is 33.2 Å². The van der Waals surface area contributed by atoms with E-state index in [1.807, 2.05) is 0 Å². The summed E-state index contributed by atoms with van der Waals surface area (Å²) in [6, 6.07) is 0.315. The molecule has 0 aliphatic heterocycles. The second-order valence-corrected chi connectivity index (χ2v) is 4.59. The first kappa shape index (κ1) is 9.01. The van der Waals surface area contributed by atoms with Crippen molar-refractivity contribution in [3.63, 3.8) is 0 Å². The molecule has 0 aromatic carbocycles. The van der Waals surface area contributed by atoms with Crippen LogP contribution in [0.5, 0.6) is 0 Å². The van der Waals surface area contributed by atoms with Gasteiger partial charge in [-0.25, -0.2) is 0 Å². The predicted octanol–water partition coefficient (Wildman–Crippen LogP) is 0.955. The second kappa shape index (κ2) is 2.76. The Labute approximate surface area is 69.3 Å². The maximum absolute atomic E-state index is 6.03. The normalized spacial score (nSPS) is 42.8. The van der Waals surface area contributed by atoms with Crippen molar-refractivity contribution >= 4 is 0 Å². The fourth-order valence-corrected chi connectivity index (χ4v) is 2.51. The van der Waals surface area contributed by atoms with Gasteiger partial charge in [0.05, 0.1) is 0 Å². The minimum Gasteiger partial charge on any atom is -0.330 e. The highest BCUT2D eigenvalue weighted by atomic mass is 14.8. The Bertz CT molecular complexity index is 142. The van der Waals surface area contributed by atoms with E-state index in [9.17, 15) is 0 Å². The van der Waals surface area contributed by atoms with E-state index in [-0.39, 0.29) is 0 Å².